The van der Waals surface area contributed by atoms with Crippen molar-refractivity contribution in [3.63, 3.8) is 0 Å². The molecule has 0 aromatic heterocycles. The van der Waals surface area contributed by atoms with Crippen LogP contribution in [0.3, 0.4) is 0 Å². The Morgan fingerprint density at radius 2 is 1.88 bits per heavy atom. The molecule has 2 N–H and O–H groups in total. The second-order valence-electron chi connectivity index (χ2n) is 7.32. The van der Waals surface area contributed by atoms with E-state index in [1.54, 1.807) is 11.8 Å². The van der Waals surface area contributed by atoms with Crippen molar-refractivity contribution in [3.05, 3.63) is 29.8 Å². The summed E-state index contributed by atoms with van der Waals surface area (Å²) in [5, 5.41) is 6.61. The fourth-order valence-electron chi connectivity index (χ4n) is 3.75. The largest absolute Gasteiger partial charge is 0.355 e. The number of nitrogens with one attached hydrogen (secondary N) is 2. The van der Waals surface area contributed by atoms with Crippen LogP contribution in [-0.4, -0.2) is 54.8 Å². The normalized spacial score (nSPS) is 20.5. The number of aryl methyl sites for hydroxylation is 1. The van der Waals surface area contributed by atoms with Crippen LogP contribution in [0.25, 0.3) is 0 Å². The van der Waals surface area contributed by atoms with Crippen molar-refractivity contribution in [3.8, 4) is 0 Å². The maximum atomic E-state index is 12.9. The second kappa shape index (κ2) is 9.06. The van der Waals surface area contributed by atoms with Gasteiger partial charge >= 0.3 is 0 Å². The van der Waals surface area contributed by atoms with Crippen molar-refractivity contribution in [2.75, 3.05) is 39.3 Å². The average molecular weight is 362 g/mol. The molecule has 4 nitrogen and oxygen atoms in total. The van der Waals surface area contributed by atoms with Crippen LogP contribution >= 0.6 is 11.8 Å². The molecule has 1 aromatic carbocycles. The monoisotopic (exact) mass is 361 g/mol. The van der Waals surface area contributed by atoms with Gasteiger partial charge in [-0.1, -0.05) is 30.5 Å². The highest BCUT2D eigenvalue weighted by atomic mass is 32.2. The molecule has 1 amide bonds. The van der Waals surface area contributed by atoms with Crippen LogP contribution < -0.4 is 10.6 Å². The lowest BCUT2D eigenvalue weighted by Gasteiger charge is -2.29. The molecule has 1 aromatic rings. The summed E-state index contributed by atoms with van der Waals surface area (Å²) in [5.41, 5.74) is 1.27. The molecule has 138 valence electrons. The van der Waals surface area contributed by atoms with Gasteiger partial charge in [0.2, 0.25) is 5.91 Å². The fraction of sp³-hybridized carbons (Fsp3) is 0.650. The lowest BCUT2D eigenvalue weighted by Crippen LogP contribution is -2.45. The molecular weight excluding hydrogens is 330 g/mol. The van der Waals surface area contributed by atoms with Crippen molar-refractivity contribution in [2.45, 2.75) is 48.7 Å². The van der Waals surface area contributed by atoms with Crippen molar-refractivity contribution in [1.29, 1.82) is 0 Å². The van der Waals surface area contributed by atoms with Gasteiger partial charge in [0, 0.05) is 37.6 Å². The van der Waals surface area contributed by atoms with E-state index in [1.807, 2.05) is 0 Å². The van der Waals surface area contributed by atoms with Gasteiger partial charge in [-0.05, 0) is 44.9 Å². The maximum absolute atomic E-state index is 12.9. The number of piperazine rings is 1. The fourth-order valence-corrected chi connectivity index (χ4v) is 5.13. The predicted molar refractivity (Wildman–Crippen MR) is 105 cm³/mol. The SMILES string of the molecule is Cc1ccc(SC2(C(=O)NCCCN3CCNCC3)CCCC2)cc1. The quantitative estimate of drug-likeness (QED) is 0.733. The molecule has 0 spiro atoms. The van der Waals surface area contributed by atoms with E-state index in [2.05, 4.69) is 46.7 Å². The summed E-state index contributed by atoms with van der Waals surface area (Å²) < 4.78 is -0.260. The molecule has 3 rings (SSSR count). The first kappa shape index (κ1) is 18.7. The summed E-state index contributed by atoms with van der Waals surface area (Å²) in [6, 6.07) is 8.57. The smallest absolute Gasteiger partial charge is 0.236 e. The standard InChI is InChI=1S/C20H31N3OS/c1-17-5-7-18(8-6-17)25-20(9-2-3-10-20)19(24)22-11-4-14-23-15-12-21-13-16-23/h5-8,21H,2-4,9-16H2,1H3,(H,22,24). The van der Waals surface area contributed by atoms with Crippen LogP contribution in [0.15, 0.2) is 29.2 Å². The summed E-state index contributed by atoms with van der Waals surface area (Å²) in [7, 11) is 0. The summed E-state index contributed by atoms with van der Waals surface area (Å²) in [4.78, 5) is 16.6. The van der Waals surface area contributed by atoms with Gasteiger partial charge in [-0.15, -0.1) is 11.8 Å². The van der Waals surface area contributed by atoms with Crippen LogP contribution in [0.1, 0.15) is 37.7 Å². The van der Waals surface area contributed by atoms with E-state index in [0.29, 0.717) is 0 Å². The van der Waals surface area contributed by atoms with E-state index in [-0.39, 0.29) is 10.7 Å². The topological polar surface area (TPSA) is 44.4 Å². The number of benzene rings is 1. The van der Waals surface area contributed by atoms with Crippen LogP contribution in [0.4, 0.5) is 0 Å². The van der Waals surface area contributed by atoms with Gasteiger partial charge < -0.3 is 15.5 Å². The summed E-state index contributed by atoms with van der Waals surface area (Å²) in [6.45, 7) is 8.40. The summed E-state index contributed by atoms with van der Waals surface area (Å²) in [6.07, 6.45) is 5.35. The van der Waals surface area contributed by atoms with Crippen LogP contribution in [0.2, 0.25) is 0 Å². The molecule has 25 heavy (non-hydrogen) atoms. The zero-order valence-corrected chi connectivity index (χ0v) is 16.2. The van der Waals surface area contributed by atoms with Crippen molar-refractivity contribution in [2.24, 2.45) is 0 Å². The maximum Gasteiger partial charge on any atom is 0.236 e. The lowest BCUT2D eigenvalue weighted by molar-refractivity contribution is -0.123. The van der Waals surface area contributed by atoms with Crippen molar-refractivity contribution >= 4 is 17.7 Å². The summed E-state index contributed by atoms with van der Waals surface area (Å²) in [5.74, 6) is 0.246. The Labute approximate surface area is 156 Å². The van der Waals surface area contributed by atoms with Gasteiger partial charge in [-0.2, -0.15) is 0 Å². The van der Waals surface area contributed by atoms with Crippen molar-refractivity contribution in [1.82, 2.24) is 15.5 Å². The molecule has 0 bridgehead atoms. The van der Waals surface area contributed by atoms with Crippen LogP contribution in [0, 0.1) is 6.92 Å². The van der Waals surface area contributed by atoms with Gasteiger partial charge in [0.15, 0.2) is 0 Å². The number of carbonyl (C=O) groups is 1. The van der Waals surface area contributed by atoms with E-state index >= 15 is 0 Å². The molecule has 0 atom stereocenters. The third-order valence-electron chi connectivity index (χ3n) is 5.31. The molecule has 1 saturated carbocycles. The third kappa shape index (κ3) is 5.22. The van der Waals surface area contributed by atoms with E-state index in [4.69, 9.17) is 0 Å². The van der Waals surface area contributed by atoms with Gasteiger partial charge in [0.25, 0.3) is 0 Å². The van der Waals surface area contributed by atoms with Crippen molar-refractivity contribution < 1.29 is 4.79 Å². The molecule has 0 radical (unpaired) electrons. The van der Waals surface area contributed by atoms with Gasteiger partial charge in [0.1, 0.15) is 0 Å². The molecule has 0 unspecified atom stereocenters. The van der Waals surface area contributed by atoms with Gasteiger partial charge in [-0.25, -0.2) is 0 Å². The number of carbonyl (C=O) groups excluding carboxylic acids is 1. The molecule has 1 heterocycles. The number of amides is 1. The molecule has 1 aliphatic carbocycles. The second-order valence-corrected chi connectivity index (χ2v) is 8.77. The minimum Gasteiger partial charge on any atom is -0.355 e. The van der Waals surface area contributed by atoms with E-state index in [0.717, 1.165) is 71.4 Å². The van der Waals surface area contributed by atoms with E-state index in [9.17, 15) is 4.79 Å². The lowest BCUT2D eigenvalue weighted by atomic mass is 10.1. The van der Waals surface area contributed by atoms with Gasteiger partial charge in [0.05, 0.1) is 4.75 Å². The molecule has 2 aliphatic rings. The van der Waals surface area contributed by atoms with Gasteiger partial charge in [-0.3, -0.25) is 4.79 Å². The minimum absolute atomic E-state index is 0.246. The third-order valence-corrected chi connectivity index (χ3v) is 6.80. The predicted octanol–water partition coefficient (Wildman–Crippen LogP) is 2.81. The number of rotatable bonds is 7. The Morgan fingerprint density at radius 3 is 2.56 bits per heavy atom. The number of hydrogen-bond acceptors (Lipinski definition) is 4. The Kier molecular flexibility index (Phi) is 6.79. The number of thioether (sulfide) groups is 1. The zero-order valence-electron chi connectivity index (χ0n) is 15.4. The van der Waals surface area contributed by atoms with Crippen LogP contribution in [0.5, 0.6) is 0 Å². The highest BCUT2D eigenvalue weighted by Gasteiger charge is 2.41. The zero-order chi connectivity index (χ0) is 17.5. The van der Waals surface area contributed by atoms with Crippen LogP contribution in [-0.2, 0) is 4.79 Å². The first-order valence-corrected chi connectivity index (χ1v) is 10.5. The highest BCUT2D eigenvalue weighted by molar-refractivity contribution is 8.01. The molecule has 2 fully saturated rings. The Morgan fingerprint density at radius 1 is 1.20 bits per heavy atom. The number of nitrogens with zero attached hydrogens (tertiary/aromatic N) is 1. The Bertz CT molecular complexity index is 549. The molecule has 1 saturated heterocycles. The Hall–Kier alpha value is -1.04. The molecule has 5 heteroatoms. The highest BCUT2D eigenvalue weighted by Crippen LogP contribution is 2.45. The first-order valence-electron chi connectivity index (χ1n) is 9.65. The molecular formula is C20H31N3OS. The van der Waals surface area contributed by atoms with E-state index in [1.165, 1.54) is 10.5 Å². The minimum atomic E-state index is -0.260. The summed E-state index contributed by atoms with van der Waals surface area (Å²) >= 11 is 1.77. The Balaban J connectivity index is 1.49. The average Bonchev–Trinajstić information content (AvgIpc) is 3.11. The molecule has 1 aliphatic heterocycles. The number of hydrogen-bond donors (Lipinski definition) is 2. The van der Waals surface area contributed by atoms with E-state index < -0.39 is 0 Å². The first-order chi connectivity index (χ1) is 12.2.